The number of nitrogens with one attached hydrogen (secondary N) is 1. The maximum Gasteiger partial charge on any atom is 0.0616 e. The molecule has 0 amide bonds. The lowest BCUT2D eigenvalue weighted by Crippen LogP contribution is -2.37. The third-order valence-corrected chi connectivity index (χ3v) is 3.23. The van der Waals surface area contributed by atoms with E-state index in [9.17, 15) is 0 Å². The summed E-state index contributed by atoms with van der Waals surface area (Å²) < 4.78 is 5.71. The van der Waals surface area contributed by atoms with Gasteiger partial charge in [-0.25, -0.2) is 0 Å². The molecule has 0 saturated carbocycles. The van der Waals surface area contributed by atoms with Crippen LogP contribution in [0.15, 0.2) is 12.7 Å². The topological polar surface area (TPSA) is 21.3 Å². The van der Waals surface area contributed by atoms with Gasteiger partial charge in [0.15, 0.2) is 0 Å². The molecule has 1 heterocycles. The fraction of sp³-hybridized carbons (Fsp3) is 0.833. The van der Waals surface area contributed by atoms with E-state index >= 15 is 0 Å². The molecule has 0 radical (unpaired) electrons. The van der Waals surface area contributed by atoms with E-state index in [0.29, 0.717) is 18.1 Å². The molecule has 0 aliphatic carbocycles. The zero-order valence-corrected chi connectivity index (χ0v) is 9.46. The molecule has 0 bridgehead atoms. The van der Waals surface area contributed by atoms with Crippen molar-refractivity contribution in [2.75, 3.05) is 13.7 Å². The summed E-state index contributed by atoms with van der Waals surface area (Å²) in [5, 5.41) is 3.42. The van der Waals surface area contributed by atoms with E-state index in [4.69, 9.17) is 4.74 Å². The van der Waals surface area contributed by atoms with Crippen molar-refractivity contribution in [3.63, 3.8) is 0 Å². The average molecular weight is 197 g/mol. The minimum atomic E-state index is 0.470. The smallest absolute Gasteiger partial charge is 0.0616 e. The molecule has 1 fully saturated rings. The number of rotatable bonds is 6. The van der Waals surface area contributed by atoms with E-state index in [2.05, 4.69) is 25.9 Å². The largest absolute Gasteiger partial charge is 0.378 e. The molecule has 0 spiro atoms. The molecule has 1 saturated heterocycles. The Labute approximate surface area is 87.7 Å². The third-order valence-electron chi connectivity index (χ3n) is 3.23. The normalized spacial score (nSPS) is 29.0. The van der Waals surface area contributed by atoms with Crippen molar-refractivity contribution in [1.29, 1.82) is 0 Å². The quantitative estimate of drug-likeness (QED) is 0.660. The van der Waals surface area contributed by atoms with Gasteiger partial charge in [-0.3, -0.25) is 0 Å². The van der Waals surface area contributed by atoms with Crippen LogP contribution in [0.1, 0.15) is 32.6 Å². The summed E-state index contributed by atoms with van der Waals surface area (Å²) in [5.41, 5.74) is 0. The highest BCUT2D eigenvalue weighted by molar-refractivity contribution is 4.86. The van der Waals surface area contributed by atoms with Crippen LogP contribution in [0.3, 0.4) is 0 Å². The van der Waals surface area contributed by atoms with Crippen LogP contribution in [0.5, 0.6) is 0 Å². The van der Waals surface area contributed by atoms with E-state index in [-0.39, 0.29) is 0 Å². The summed E-state index contributed by atoms with van der Waals surface area (Å²) in [7, 11) is 2.05. The summed E-state index contributed by atoms with van der Waals surface area (Å²) in [6.45, 7) is 6.93. The molecule has 0 aromatic rings. The summed E-state index contributed by atoms with van der Waals surface area (Å²) in [6.07, 6.45) is 7.10. The lowest BCUT2D eigenvalue weighted by molar-refractivity contribution is 0.0774. The Kier molecular flexibility index (Phi) is 5.20. The highest BCUT2D eigenvalue weighted by Gasteiger charge is 2.32. The summed E-state index contributed by atoms with van der Waals surface area (Å²) >= 11 is 0. The molecule has 3 unspecified atom stereocenters. The second-order valence-corrected chi connectivity index (χ2v) is 4.03. The SMILES string of the molecule is C=CCCC(NC)C1CCOC1CC. The summed E-state index contributed by atoms with van der Waals surface area (Å²) in [6, 6.07) is 0.598. The highest BCUT2D eigenvalue weighted by atomic mass is 16.5. The van der Waals surface area contributed by atoms with Crippen molar-refractivity contribution in [2.24, 2.45) is 5.92 Å². The van der Waals surface area contributed by atoms with Gasteiger partial charge in [0.1, 0.15) is 0 Å². The molecule has 14 heavy (non-hydrogen) atoms. The maximum absolute atomic E-state index is 5.71. The van der Waals surface area contributed by atoms with Crippen molar-refractivity contribution < 1.29 is 4.74 Å². The zero-order valence-electron chi connectivity index (χ0n) is 9.46. The van der Waals surface area contributed by atoms with Gasteiger partial charge >= 0.3 is 0 Å². The van der Waals surface area contributed by atoms with Gasteiger partial charge in [-0.15, -0.1) is 6.58 Å². The fourth-order valence-corrected chi connectivity index (χ4v) is 2.42. The maximum atomic E-state index is 5.71. The minimum Gasteiger partial charge on any atom is -0.378 e. The molecular weight excluding hydrogens is 174 g/mol. The lowest BCUT2D eigenvalue weighted by atomic mass is 9.88. The van der Waals surface area contributed by atoms with Crippen molar-refractivity contribution in [1.82, 2.24) is 5.32 Å². The van der Waals surface area contributed by atoms with E-state index < -0.39 is 0 Å². The molecule has 2 heteroatoms. The van der Waals surface area contributed by atoms with Crippen molar-refractivity contribution in [3.8, 4) is 0 Å². The standard InChI is InChI=1S/C12H23NO/c1-4-6-7-11(13-3)10-8-9-14-12(10)5-2/h4,10-13H,1,5-9H2,2-3H3. The first kappa shape index (κ1) is 11.7. The monoisotopic (exact) mass is 197 g/mol. The Bertz CT molecular complexity index is 170. The van der Waals surface area contributed by atoms with Crippen LogP contribution in [0.2, 0.25) is 0 Å². The zero-order chi connectivity index (χ0) is 10.4. The Morgan fingerprint density at radius 1 is 1.64 bits per heavy atom. The lowest BCUT2D eigenvalue weighted by Gasteiger charge is -2.26. The number of hydrogen-bond acceptors (Lipinski definition) is 2. The molecule has 1 aliphatic heterocycles. The third kappa shape index (κ3) is 2.82. The van der Waals surface area contributed by atoms with Gasteiger partial charge in [-0.2, -0.15) is 0 Å². The van der Waals surface area contributed by atoms with Crippen LogP contribution in [0.25, 0.3) is 0 Å². The van der Waals surface area contributed by atoms with Crippen LogP contribution in [0, 0.1) is 5.92 Å². The molecule has 1 N–H and O–H groups in total. The van der Waals surface area contributed by atoms with Crippen LogP contribution >= 0.6 is 0 Å². The Morgan fingerprint density at radius 2 is 2.43 bits per heavy atom. The van der Waals surface area contributed by atoms with Crippen LogP contribution in [-0.2, 0) is 4.74 Å². The predicted molar refractivity (Wildman–Crippen MR) is 60.4 cm³/mol. The average Bonchev–Trinajstić information content (AvgIpc) is 2.67. The van der Waals surface area contributed by atoms with Crippen molar-refractivity contribution >= 4 is 0 Å². The van der Waals surface area contributed by atoms with Crippen LogP contribution in [-0.4, -0.2) is 25.8 Å². The Balaban J connectivity index is 2.45. The second kappa shape index (κ2) is 6.20. The molecule has 3 atom stereocenters. The number of ether oxygens (including phenoxy) is 1. The van der Waals surface area contributed by atoms with Crippen LogP contribution < -0.4 is 5.32 Å². The van der Waals surface area contributed by atoms with Gasteiger partial charge in [-0.1, -0.05) is 13.0 Å². The number of hydrogen-bond donors (Lipinski definition) is 1. The van der Waals surface area contributed by atoms with Crippen molar-refractivity contribution in [2.45, 2.75) is 44.8 Å². The fourth-order valence-electron chi connectivity index (χ4n) is 2.42. The number of allylic oxidation sites excluding steroid dienone is 1. The van der Waals surface area contributed by atoms with Gasteiger partial charge < -0.3 is 10.1 Å². The molecule has 2 nitrogen and oxygen atoms in total. The van der Waals surface area contributed by atoms with Gasteiger partial charge in [0, 0.05) is 18.6 Å². The summed E-state index contributed by atoms with van der Waals surface area (Å²) in [5.74, 6) is 0.699. The van der Waals surface area contributed by atoms with Gasteiger partial charge in [0.25, 0.3) is 0 Å². The molecule has 82 valence electrons. The van der Waals surface area contributed by atoms with E-state index in [0.717, 1.165) is 19.4 Å². The first-order chi connectivity index (χ1) is 6.83. The summed E-state index contributed by atoms with van der Waals surface area (Å²) in [4.78, 5) is 0. The molecule has 0 aromatic carbocycles. The highest BCUT2D eigenvalue weighted by Crippen LogP contribution is 2.28. The first-order valence-corrected chi connectivity index (χ1v) is 5.73. The molecule has 0 aromatic heterocycles. The predicted octanol–water partition coefficient (Wildman–Crippen LogP) is 2.36. The Morgan fingerprint density at radius 3 is 3.00 bits per heavy atom. The van der Waals surface area contributed by atoms with E-state index in [1.54, 1.807) is 0 Å². The minimum absolute atomic E-state index is 0.470. The van der Waals surface area contributed by atoms with E-state index in [1.807, 2.05) is 6.08 Å². The van der Waals surface area contributed by atoms with Crippen molar-refractivity contribution in [3.05, 3.63) is 12.7 Å². The van der Waals surface area contributed by atoms with Gasteiger partial charge in [0.2, 0.25) is 0 Å². The first-order valence-electron chi connectivity index (χ1n) is 5.73. The van der Waals surface area contributed by atoms with Gasteiger partial charge in [0.05, 0.1) is 6.10 Å². The second-order valence-electron chi connectivity index (χ2n) is 4.03. The van der Waals surface area contributed by atoms with Gasteiger partial charge in [-0.05, 0) is 32.7 Å². The molecule has 1 aliphatic rings. The molecule has 1 rings (SSSR count). The van der Waals surface area contributed by atoms with Crippen LogP contribution in [0.4, 0.5) is 0 Å². The Hall–Kier alpha value is -0.340. The van der Waals surface area contributed by atoms with E-state index in [1.165, 1.54) is 12.8 Å². The molecular formula is C12H23NO.